The van der Waals surface area contributed by atoms with Gasteiger partial charge in [0.1, 0.15) is 5.82 Å². The lowest BCUT2D eigenvalue weighted by Gasteiger charge is -2.03. The van der Waals surface area contributed by atoms with Crippen LogP contribution < -0.4 is 5.32 Å². The Morgan fingerprint density at radius 1 is 1.27 bits per heavy atom. The predicted octanol–water partition coefficient (Wildman–Crippen LogP) is 3.96. The zero-order valence-electron chi connectivity index (χ0n) is 12.3. The second-order valence-electron chi connectivity index (χ2n) is 5.11. The van der Waals surface area contributed by atoms with Crippen LogP contribution in [-0.4, -0.2) is 21.3 Å². The maximum absolute atomic E-state index is 12.9. The van der Waals surface area contributed by atoms with Crippen LogP contribution in [0.15, 0.2) is 42.0 Å². The van der Waals surface area contributed by atoms with Gasteiger partial charge in [0.15, 0.2) is 5.13 Å². The van der Waals surface area contributed by atoms with E-state index >= 15 is 0 Å². The van der Waals surface area contributed by atoms with Crippen molar-refractivity contribution in [3.63, 3.8) is 0 Å². The Bertz CT molecular complexity index is 733. The number of hydrogen-bond acceptors (Lipinski definition) is 4. The van der Waals surface area contributed by atoms with E-state index in [1.807, 2.05) is 29.4 Å². The van der Waals surface area contributed by atoms with Gasteiger partial charge in [-0.05, 0) is 43.2 Å². The van der Waals surface area contributed by atoms with Crippen LogP contribution in [0.3, 0.4) is 0 Å². The van der Waals surface area contributed by atoms with E-state index in [0.29, 0.717) is 0 Å². The van der Waals surface area contributed by atoms with Crippen molar-refractivity contribution in [1.82, 2.24) is 14.8 Å². The van der Waals surface area contributed by atoms with Crippen LogP contribution in [0, 0.1) is 12.7 Å². The summed E-state index contributed by atoms with van der Waals surface area (Å²) < 4.78 is 14.9. The Morgan fingerprint density at radius 3 is 2.82 bits per heavy atom. The van der Waals surface area contributed by atoms with Crippen molar-refractivity contribution in [2.75, 3.05) is 11.9 Å². The van der Waals surface area contributed by atoms with Gasteiger partial charge < -0.3 is 5.32 Å². The first-order valence-corrected chi connectivity index (χ1v) is 8.03. The molecule has 1 aromatic carbocycles. The second kappa shape index (κ2) is 6.70. The lowest BCUT2D eigenvalue weighted by molar-refractivity contribution is 0.591. The monoisotopic (exact) mass is 316 g/mol. The molecule has 2 aromatic heterocycles. The van der Waals surface area contributed by atoms with E-state index in [1.165, 1.54) is 17.7 Å². The Balaban J connectivity index is 1.50. The molecule has 2 heterocycles. The summed E-state index contributed by atoms with van der Waals surface area (Å²) in [5.41, 5.74) is 2.98. The fourth-order valence-corrected chi connectivity index (χ4v) is 2.88. The summed E-state index contributed by atoms with van der Waals surface area (Å²) in [6, 6.07) is 6.39. The molecular formula is C16H17FN4S. The minimum atomic E-state index is -0.230. The lowest BCUT2D eigenvalue weighted by atomic mass is 10.2. The number of hydrogen-bond donors (Lipinski definition) is 1. The largest absolute Gasteiger partial charge is 0.361 e. The maximum Gasteiger partial charge on any atom is 0.183 e. The molecule has 0 spiro atoms. The number of aromatic nitrogens is 3. The summed E-state index contributed by atoms with van der Waals surface area (Å²) in [7, 11) is 0. The van der Waals surface area contributed by atoms with Gasteiger partial charge in [-0.2, -0.15) is 5.10 Å². The zero-order valence-corrected chi connectivity index (χ0v) is 13.1. The first-order valence-electron chi connectivity index (χ1n) is 7.15. The highest BCUT2D eigenvalue weighted by Crippen LogP contribution is 2.24. The number of anilines is 1. The average molecular weight is 316 g/mol. The molecule has 0 aliphatic rings. The minimum absolute atomic E-state index is 0.230. The van der Waals surface area contributed by atoms with Gasteiger partial charge in [-0.3, -0.25) is 4.68 Å². The number of thiazole rings is 1. The molecule has 0 saturated carbocycles. The molecular weight excluding hydrogens is 299 g/mol. The minimum Gasteiger partial charge on any atom is -0.361 e. The first kappa shape index (κ1) is 14.7. The van der Waals surface area contributed by atoms with E-state index in [9.17, 15) is 4.39 Å². The molecule has 114 valence electrons. The summed E-state index contributed by atoms with van der Waals surface area (Å²) in [6.45, 7) is 3.76. The number of benzene rings is 1. The molecule has 0 aliphatic carbocycles. The maximum atomic E-state index is 12.9. The molecule has 3 rings (SSSR count). The zero-order chi connectivity index (χ0) is 15.4. The molecule has 0 atom stereocenters. The molecule has 3 aromatic rings. The van der Waals surface area contributed by atoms with Crippen molar-refractivity contribution >= 4 is 16.5 Å². The summed E-state index contributed by atoms with van der Waals surface area (Å²) >= 11 is 1.56. The van der Waals surface area contributed by atoms with Crippen LogP contribution in [0.5, 0.6) is 0 Å². The summed E-state index contributed by atoms with van der Waals surface area (Å²) in [6.07, 6.45) is 4.88. The Hall–Kier alpha value is -2.21. The van der Waals surface area contributed by atoms with Gasteiger partial charge in [-0.1, -0.05) is 0 Å². The van der Waals surface area contributed by atoms with Crippen molar-refractivity contribution in [2.24, 2.45) is 0 Å². The molecule has 0 unspecified atom stereocenters. The number of nitrogens with one attached hydrogen (secondary N) is 1. The Labute approximate surface area is 132 Å². The van der Waals surface area contributed by atoms with Crippen LogP contribution in [-0.2, 0) is 6.54 Å². The van der Waals surface area contributed by atoms with Gasteiger partial charge in [0.05, 0.1) is 11.9 Å². The van der Waals surface area contributed by atoms with Gasteiger partial charge in [-0.25, -0.2) is 9.37 Å². The van der Waals surface area contributed by atoms with Crippen molar-refractivity contribution in [1.29, 1.82) is 0 Å². The van der Waals surface area contributed by atoms with E-state index < -0.39 is 0 Å². The number of halogens is 1. The van der Waals surface area contributed by atoms with Crippen molar-refractivity contribution in [2.45, 2.75) is 19.9 Å². The fraction of sp³-hybridized carbons (Fsp3) is 0.250. The quantitative estimate of drug-likeness (QED) is 0.700. The average Bonchev–Trinajstić information content (AvgIpc) is 3.14. The molecule has 22 heavy (non-hydrogen) atoms. The normalized spacial score (nSPS) is 10.8. The molecule has 0 aliphatic heterocycles. The van der Waals surface area contributed by atoms with Crippen molar-refractivity contribution in [3.05, 3.63) is 53.4 Å². The number of rotatable bonds is 6. The van der Waals surface area contributed by atoms with Crippen LogP contribution in [0.4, 0.5) is 9.52 Å². The van der Waals surface area contributed by atoms with Crippen LogP contribution in [0.25, 0.3) is 11.3 Å². The molecule has 0 fully saturated rings. The fourth-order valence-electron chi connectivity index (χ4n) is 2.13. The first-order chi connectivity index (χ1) is 10.7. The standard InChI is InChI=1S/C16H17FN4S/c1-12-9-19-21(10-12)8-2-7-18-16-20-15(11-22-16)13-3-5-14(17)6-4-13/h3-6,9-11H,2,7-8H2,1H3,(H,18,20). The van der Waals surface area contributed by atoms with E-state index in [1.54, 1.807) is 23.5 Å². The Kier molecular flexibility index (Phi) is 4.48. The number of aryl methyl sites for hydroxylation is 2. The summed E-state index contributed by atoms with van der Waals surface area (Å²) in [5, 5.41) is 10.4. The van der Waals surface area contributed by atoms with Crippen molar-refractivity contribution in [3.8, 4) is 11.3 Å². The highest BCUT2D eigenvalue weighted by molar-refractivity contribution is 7.14. The molecule has 0 saturated heterocycles. The van der Waals surface area contributed by atoms with Gasteiger partial charge in [0.2, 0.25) is 0 Å². The second-order valence-corrected chi connectivity index (χ2v) is 5.96. The number of nitrogens with zero attached hydrogens (tertiary/aromatic N) is 3. The SMILES string of the molecule is Cc1cnn(CCCNc2nc(-c3ccc(F)cc3)cs2)c1. The third-order valence-corrected chi connectivity index (χ3v) is 4.05. The molecule has 6 heteroatoms. The van der Waals surface area contributed by atoms with Gasteiger partial charge >= 0.3 is 0 Å². The third kappa shape index (κ3) is 3.71. The van der Waals surface area contributed by atoms with E-state index in [2.05, 4.69) is 15.4 Å². The third-order valence-electron chi connectivity index (χ3n) is 3.25. The van der Waals surface area contributed by atoms with Crippen LogP contribution >= 0.6 is 11.3 Å². The van der Waals surface area contributed by atoms with Crippen molar-refractivity contribution < 1.29 is 4.39 Å². The van der Waals surface area contributed by atoms with E-state index in [-0.39, 0.29) is 5.82 Å². The topological polar surface area (TPSA) is 42.7 Å². The highest BCUT2D eigenvalue weighted by atomic mass is 32.1. The van der Waals surface area contributed by atoms with E-state index in [4.69, 9.17) is 0 Å². The molecule has 0 bridgehead atoms. The molecule has 1 N–H and O–H groups in total. The van der Waals surface area contributed by atoms with E-state index in [0.717, 1.165) is 35.9 Å². The predicted molar refractivity (Wildman–Crippen MR) is 87.6 cm³/mol. The smallest absolute Gasteiger partial charge is 0.183 e. The van der Waals surface area contributed by atoms with Gasteiger partial charge in [-0.15, -0.1) is 11.3 Å². The van der Waals surface area contributed by atoms with Crippen LogP contribution in [0.1, 0.15) is 12.0 Å². The van der Waals surface area contributed by atoms with Gasteiger partial charge in [0, 0.05) is 30.2 Å². The molecule has 0 amide bonds. The van der Waals surface area contributed by atoms with Crippen LogP contribution in [0.2, 0.25) is 0 Å². The molecule has 0 radical (unpaired) electrons. The summed E-state index contributed by atoms with van der Waals surface area (Å²) in [5.74, 6) is -0.230. The Morgan fingerprint density at radius 2 is 2.09 bits per heavy atom. The van der Waals surface area contributed by atoms with Gasteiger partial charge in [0.25, 0.3) is 0 Å². The lowest BCUT2D eigenvalue weighted by Crippen LogP contribution is -2.06. The molecule has 4 nitrogen and oxygen atoms in total. The summed E-state index contributed by atoms with van der Waals surface area (Å²) in [4.78, 5) is 4.52. The highest BCUT2D eigenvalue weighted by Gasteiger charge is 2.04.